The lowest BCUT2D eigenvalue weighted by atomic mass is 9.99. The van der Waals surface area contributed by atoms with E-state index in [1.54, 1.807) is 0 Å². The molecule has 0 saturated carbocycles. The Kier molecular flexibility index (Phi) is 18.8. The molecule has 5 unspecified atom stereocenters. The van der Waals surface area contributed by atoms with E-state index in [0.717, 1.165) is 64.2 Å². The van der Waals surface area contributed by atoms with E-state index in [9.17, 15) is 24.9 Å². The molecule has 0 aromatic rings. The standard InChI is InChI=1S/C35H62O7/c1-3-4-5-6-7-8-9-10-15-18-23-30(37)32-25-26-33(41-32)31(38)24-19-22-29(36)21-17-14-12-11-13-16-20-28-27-35(2,40)42-34(28)39/h27,30-33,37-38,40H,3-26H2,1-2H3. The van der Waals surface area contributed by atoms with Gasteiger partial charge in [0.15, 0.2) is 0 Å². The maximum atomic E-state index is 12.3. The smallest absolute Gasteiger partial charge is 0.336 e. The summed E-state index contributed by atoms with van der Waals surface area (Å²) in [5.41, 5.74) is 0.562. The van der Waals surface area contributed by atoms with Crippen LogP contribution in [0.5, 0.6) is 0 Å². The first-order chi connectivity index (χ1) is 20.2. The summed E-state index contributed by atoms with van der Waals surface area (Å²) >= 11 is 0. The second-order valence-corrected chi connectivity index (χ2v) is 13.1. The van der Waals surface area contributed by atoms with Crippen molar-refractivity contribution < 1.29 is 34.4 Å². The molecule has 2 aliphatic heterocycles. The van der Waals surface area contributed by atoms with E-state index in [4.69, 9.17) is 9.47 Å². The fraction of sp³-hybridized carbons (Fsp3) is 0.886. The molecule has 2 heterocycles. The van der Waals surface area contributed by atoms with E-state index in [1.165, 1.54) is 70.8 Å². The Bertz CT molecular complexity index is 777. The van der Waals surface area contributed by atoms with Crippen LogP contribution in [0.15, 0.2) is 11.6 Å². The number of esters is 1. The van der Waals surface area contributed by atoms with Crippen LogP contribution in [0.2, 0.25) is 0 Å². The van der Waals surface area contributed by atoms with Crippen molar-refractivity contribution in [2.75, 3.05) is 0 Å². The number of cyclic esters (lactones) is 1. The van der Waals surface area contributed by atoms with Crippen molar-refractivity contribution in [3.05, 3.63) is 11.6 Å². The molecule has 0 spiro atoms. The Morgan fingerprint density at radius 1 is 0.786 bits per heavy atom. The van der Waals surface area contributed by atoms with Crippen LogP contribution in [0.3, 0.4) is 0 Å². The molecular formula is C35H62O7. The number of carbonyl (C=O) groups excluding carboxylic acids is 2. The minimum Gasteiger partial charge on any atom is -0.426 e. The molecule has 0 amide bonds. The van der Waals surface area contributed by atoms with Crippen LogP contribution in [0, 0.1) is 0 Å². The number of aliphatic hydroxyl groups is 3. The number of carbonyl (C=O) groups is 2. The lowest BCUT2D eigenvalue weighted by Crippen LogP contribution is -2.31. The van der Waals surface area contributed by atoms with E-state index in [-0.39, 0.29) is 18.0 Å². The molecule has 0 aliphatic carbocycles. The zero-order chi connectivity index (χ0) is 30.6. The highest BCUT2D eigenvalue weighted by molar-refractivity contribution is 5.91. The average Bonchev–Trinajstić information content (AvgIpc) is 3.54. The van der Waals surface area contributed by atoms with Crippen molar-refractivity contribution in [2.24, 2.45) is 0 Å². The van der Waals surface area contributed by atoms with E-state index >= 15 is 0 Å². The molecule has 7 nitrogen and oxygen atoms in total. The predicted octanol–water partition coefficient (Wildman–Crippen LogP) is 7.62. The number of aliphatic hydroxyl groups excluding tert-OH is 2. The number of unbranched alkanes of at least 4 members (excludes halogenated alkanes) is 14. The molecule has 3 N–H and O–H groups in total. The van der Waals surface area contributed by atoms with Gasteiger partial charge in [-0.25, -0.2) is 4.79 Å². The van der Waals surface area contributed by atoms with Gasteiger partial charge in [-0.3, -0.25) is 4.79 Å². The van der Waals surface area contributed by atoms with E-state index in [1.807, 2.05) is 0 Å². The molecule has 0 bridgehead atoms. The third kappa shape index (κ3) is 16.0. The summed E-state index contributed by atoms with van der Waals surface area (Å²) in [6.45, 7) is 3.72. The summed E-state index contributed by atoms with van der Waals surface area (Å²) in [4.78, 5) is 23.9. The first-order valence-corrected chi connectivity index (χ1v) is 17.4. The minimum absolute atomic E-state index is 0.169. The molecule has 1 saturated heterocycles. The highest BCUT2D eigenvalue weighted by atomic mass is 16.7. The average molecular weight is 595 g/mol. The molecule has 244 valence electrons. The van der Waals surface area contributed by atoms with Crippen LogP contribution in [0.4, 0.5) is 0 Å². The van der Waals surface area contributed by atoms with Crippen LogP contribution >= 0.6 is 0 Å². The van der Waals surface area contributed by atoms with Gasteiger partial charge in [-0.2, -0.15) is 0 Å². The third-order valence-corrected chi connectivity index (χ3v) is 8.91. The Morgan fingerprint density at radius 2 is 1.26 bits per heavy atom. The first kappa shape index (κ1) is 36.9. The van der Waals surface area contributed by atoms with E-state index in [2.05, 4.69) is 6.92 Å². The third-order valence-electron chi connectivity index (χ3n) is 8.91. The van der Waals surface area contributed by atoms with Crippen molar-refractivity contribution in [3.63, 3.8) is 0 Å². The topological polar surface area (TPSA) is 113 Å². The molecule has 0 aromatic heterocycles. The number of hydrogen-bond donors (Lipinski definition) is 3. The van der Waals surface area contributed by atoms with E-state index in [0.29, 0.717) is 37.7 Å². The molecule has 2 aliphatic rings. The van der Waals surface area contributed by atoms with Crippen LogP contribution in [0.1, 0.15) is 168 Å². The quantitative estimate of drug-likeness (QED) is 0.0697. The summed E-state index contributed by atoms with van der Waals surface area (Å²) in [6, 6.07) is 0. The molecule has 7 heteroatoms. The maximum Gasteiger partial charge on any atom is 0.336 e. The zero-order valence-corrected chi connectivity index (χ0v) is 26.8. The van der Waals surface area contributed by atoms with Gasteiger partial charge >= 0.3 is 5.97 Å². The Hall–Kier alpha value is -1.28. The largest absolute Gasteiger partial charge is 0.426 e. The maximum absolute atomic E-state index is 12.3. The second-order valence-electron chi connectivity index (χ2n) is 13.1. The molecule has 2 rings (SSSR count). The molecule has 0 aromatic carbocycles. The zero-order valence-electron chi connectivity index (χ0n) is 26.8. The number of hydrogen-bond acceptors (Lipinski definition) is 7. The van der Waals surface area contributed by atoms with Crippen LogP contribution in [-0.2, 0) is 19.1 Å². The minimum atomic E-state index is -1.46. The fourth-order valence-corrected chi connectivity index (χ4v) is 6.29. The molecular weight excluding hydrogens is 532 g/mol. The summed E-state index contributed by atoms with van der Waals surface area (Å²) in [5.74, 6) is -1.61. The number of rotatable bonds is 26. The van der Waals surface area contributed by atoms with Gasteiger partial charge in [0.05, 0.1) is 24.4 Å². The van der Waals surface area contributed by atoms with Crippen molar-refractivity contribution in [2.45, 2.75) is 198 Å². The van der Waals surface area contributed by atoms with Crippen LogP contribution in [0.25, 0.3) is 0 Å². The summed E-state index contributed by atoms with van der Waals surface area (Å²) in [5, 5.41) is 30.9. The lowest BCUT2D eigenvalue weighted by Gasteiger charge is -2.22. The van der Waals surface area contributed by atoms with Gasteiger partial charge in [0.1, 0.15) is 5.78 Å². The van der Waals surface area contributed by atoms with Crippen LogP contribution in [-0.4, -0.2) is 57.3 Å². The summed E-state index contributed by atoms with van der Waals surface area (Å²) in [6.07, 6.45) is 24.2. The highest BCUT2D eigenvalue weighted by Gasteiger charge is 2.34. The molecule has 42 heavy (non-hydrogen) atoms. The Balaban J connectivity index is 1.40. The number of Topliss-reactive ketones (excluding diaryl/α,β-unsaturated/α-hetero) is 1. The van der Waals surface area contributed by atoms with Crippen molar-refractivity contribution in [1.82, 2.24) is 0 Å². The van der Waals surface area contributed by atoms with Gasteiger partial charge < -0.3 is 24.8 Å². The Morgan fingerprint density at radius 3 is 1.81 bits per heavy atom. The van der Waals surface area contributed by atoms with Gasteiger partial charge in [-0.15, -0.1) is 0 Å². The normalized spacial score (nSPS) is 23.6. The highest BCUT2D eigenvalue weighted by Crippen LogP contribution is 2.29. The molecule has 1 fully saturated rings. The van der Waals surface area contributed by atoms with Crippen LogP contribution < -0.4 is 0 Å². The Labute approximate surface area is 255 Å². The molecule has 5 atom stereocenters. The van der Waals surface area contributed by atoms with Crippen molar-refractivity contribution in [3.8, 4) is 0 Å². The fourth-order valence-electron chi connectivity index (χ4n) is 6.29. The van der Waals surface area contributed by atoms with Gasteiger partial charge in [0.25, 0.3) is 0 Å². The van der Waals surface area contributed by atoms with Crippen molar-refractivity contribution >= 4 is 11.8 Å². The van der Waals surface area contributed by atoms with Gasteiger partial charge in [-0.1, -0.05) is 96.8 Å². The number of ether oxygens (including phenoxy) is 2. The van der Waals surface area contributed by atoms with Gasteiger partial charge in [-0.05, 0) is 57.4 Å². The lowest BCUT2D eigenvalue weighted by molar-refractivity contribution is -0.172. The second kappa shape index (κ2) is 21.4. The monoisotopic (exact) mass is 594 g/mol. The molecule has 0 radical (unpaired) electrons. The predicted molar refractivity (Wildman–Crippen MR) is 167 cm³/mol. The SMILES string of the molecule is CCCCCCCCCCCCC(O)C1CCC(C(O)CCCC(=O)CCCCCCCCC2=CC(C)(O)OC2=O)O1. The van der Waals surface area contributed by atoms with E-state index < -0.39 is 24.0 Å². The first-order valence-electron chi connectivity index (χ1n) is 17.4. The summed E-state index contributed by atoms with van der Waals surface area (Å²) in [7, 11) is 0. The van der Waals surface area contributed by atoms with Gasteiger partial charge in [0.2, 0.25) is 5.79 Å². The summed E-state index contributed by atoms with van der Waals surface area (Å²) < 4.78 is 10.9. The van der Waals surface area contributed by atoms with Crippen molar-refractivity contribution in [1.29, 1.82) is 0 Å². The van der Waals surface area contributed by atoms with Gasteiger partial charge in [0, 0.05) is 25.3 Å². The number of ketones is 1.